The smallest absolute Gasteiger partial charge is 0.269 e. The van der Waals surface area contributed by atoms with Crippen molar-refractivity contribution < 1.29 is 14.5 Å². The first-order valence-corrected chi connectivity index (χ1v) is 8.21. The van der Waals surface area contributed by atoms with E-state index >= 15 is 0 Å². The number of nitro groups is 1. The largest absolute Gasteiger partial charge is 0.368 e. The van der Waals surface area contributed by atoms with Gasteiger partial charge in [0.15, 0.2) is 0 Å². The highest BCUT2D eigenvalue weighted by Gasteiger charge is 2.19. The molecule has 0 aromatic heterocycles. The summed E-state index contributed by atoms with van der Waals surface area (Å²) in [6.07, 6.45) is 0.180. The lowest BCUT2D eigenvalue weighted by atomic mass is 10.0. The normalized spacial score (nSPS) is 11.6. The number of benzene rings is 2. The molecule has 0 aliphatic rings. The van der Waals surface area contributed by atoms with Crippen LogP contribution in [0.25, 0.3) is 0 Å². The molecule has 2 aromatic rings. The number of nitrogens with zero attached hydrogens (tertiary/aromatic N) is 1. The fraction of sp³-hybridized carbons (Fsp3) is 0.176. The van der Waals surface area contributed by atoms with Crippen molar-refractivity contribution in [1.82, 2.24) is 5.32 Å². The lowest BCUT2D eigenvalue weighted by Crippen LogP contribution is -2.46. The summed E-state index contributed by atoms with van der Waals surface area (Å²) >= 11 is 3.34. The van der Waals surface area contributed by atoms with Crippen molar-refractivity contribution in [3.63, 3.8) is 0 Å². The molecule has 2 rings (SSSR count). The Morgan fingerprint density at radius 1 is 1.16 bits per heavy atom. The van der Waals surface area contributed by atoms with Gasteiger partial charge in [-0.3, -0.25) is 19.7 Å². The predicted octanol–water partition coefficient (Wildman–Crippen LogP) is 2.11. The van der Waals surface area contributed by atoms with E-state index in [0.29, 0.717) is 5.56 Å². The fourth-order valence-electron chi connectivity index (χ4n) is 2.33. The fourth-order valence-corrected chi connectivity index (χ4v) is 2.78. The standard InChI is InChI=1S/C17H16BrN3O4/c18-13-5-1-3-11(7-13)9-15(17(19)23)20-16(22)10-12-4-2-6-14(8-12)21(24)25/h1-8,15H,9-10H2,(H2,19,23)(H,20,22)/t15-/m0/s1. The SMILES string of the molecule is NC(=O)[C@H](Cc1cccc(Br)c1)NC(=O)Cc1cccc([N+](=O)[O-])c1. The third kappa shape index (κ3) is 5.68. The van der Waals surface area contributed by atoms with Gasteiger partial charge >= 0.3 is 0 Å². The zero-order valence-corrected chi connectivity index (χ0v) is 14.7. The number of halogens is 1. The Morgan fingerprint density at radius 3 is 2.48 bits per heavy atom. The van der Waals surface area contributed by atoms with E-state index in [1.165, 1.54) is 18.2 Å². The van der Waals surface area contributed by atoms with E-state index < -0.39 is 22.8 Å². The molecule has 1 atom stereocenters. The van der Waals surface area contributed by atoms with Crippen molar-refractivity contribution in [1.29, 1.82) is 0 Å². The Bertz CT molecular complexity index is 810. The van der Waals surface area contributed by atoms with Gasteiger partial charge in [0.1, 0.15) is 6.04 Å². The van der Waals surface area contributed by atoms with E-state index in [1.807, 2.05) is 24.3 Å². The molecular formula is C17H16BrN3O4. The van der Waals surface area contributed by atoms with Crippen molar-refractivity contribution >= 4 is 33.4 Å². The third-order valence-corrected chi connectivity index (χ3v) is 3.99. The first kappa shape index (κ1) is 18.6. The highest BCUT2D eigenvalue weighted by Crippen LogP contribution is 2.15. The first-order valence-electron chi connectivity index (χ1n) is 7.41. The van der Waals surface area contributed by atoms with Gasteiger partial charge in [0.25, 0.3) is 5.69 Å². The molecule has 0 saturated heterocycles. The Hall–Kier alpha value is -2.74. The Morgan fingerprint density at radius 2 is 1.84 bits per heavy atom. The summed E-state index contributed by atoms with van der Waals surface area (Å²) in [4.78, 5) is 34.0. The maximum absolute atomic E-state index is 12.2. The monoisotopic (exact) mass is 405 g/mol. The van der Waals surface area contributed by atoms with Crippen molar-refractivity contribution in [2.24, 2.45) is 5.73 Å². The minimum atomic E-state index is -0.861. The van der Waals surface area contributed by atoms with Gasteiger partial charge in [-0.25, -0.2) is 0 Å². The number of nitrogens with two attached hydrogens (primary N) is 1. The number of primary amides is 1. The summed E-state index contributed by atoms with van der Waals surface area (Å²) in [5, 5.41) is 13.4. The summed E-state index contributed by atoms with van der Waals surface area (Å²) in [5.41, 5.74) is 6.61. The maximum atomic E-state index is 12.2. The van der Waals surface area contributed by atoms with Crippen LogP contribution in [0.4, 0.5) is 5.69 Å². The highest BCUT2D eigenvalue weighted by atomic mass is 79.9. The summed E-state index contributed by atoms with van der Waals surface area (Å²) in [5.74, 6) is -1.08. The average molecular weight is 406 g/mol. The maximum Gasteiger partial charge on any atom is 0.269 e. The van der Waals surface area contributed by atoms with Crippen LogP contribution in [0.5, 0.6) is 0 Å². The second kappa shape index (κ2) is 8.39. The van der Waals surface area contributed by atoms with Gasteiger partial charge in [-0.15, -0.1) is 0 Å². The van der Waals surface area contributed by atoms with Crippen LogP contribution in [0.3, 0.4) is 0 Å². The molecule has 0 radical (unpaired) electrons. The summed E-state index contributed by atoms with van der Waals surface area (Å²) in [6, 6.07) is 12.3. The zero-order chi connectivity index (χ0) is 18.4. The van der Waals surface area contributed by atoms with E-state index in [1.54, 1.807) is 6.07 Å². The second-order valence-corrected chi connectivity index (χ2v) is 6.38. The minimum Gasteiger partial charge on any atom is -0.368 e. The average Bonchev–Trinajstić information content (AvgIpc) is 2.54. The molecule has 0 heterocycles. The van der Waals surface area contributed by atoms with Crippen LogP contribution in [0.1, 0.15) is 11.1 Å². The van der Waals surface area contributed by atoms with Gasteiger partial charge < -0.3 is 11.1 Å². The molecule has 130 valence electrons. The van der Waals surface area contributed by atoms with E-state index in [9.17, 15) is 19.7 Å². The lowest BCUT2D eigenvalue weighted by molar-refractivity contribution is -0.384. The molecule has 0 spiro atoms. The topological polar surface area (TPSA) is 115 Å². The molecule has 0 aliphatic carbocycles. The molecule has 25 heavy (non-hydrogen) atoms. The number of rotatable bonds is 7. The molecule has 0 bridgehead atoms. The minimum absolute atomic E-state index is 0.0794. The van der Waals surface area contributed by atoms with Crippen molar-refractivity contribution in [3.05, 3.63) is 74.2 Å². The van der Waals surface area contributed by atoms with Crippen LogP contribution in [0.2, 0.25) is 0 Å². The molecule has 3 N–H and O–H groups in total. The Labute approximate surface area is 152 Å². The van der Waals surface area contributed by atoms with Crippen LogP contribution in [0, 0.1) is 10.1 Å². The van der Waals surface area contributed by atoms with Crippen LogP contribution in [0.15, 0.2) is 53.0 Å². The number of carbonyl (C=O) groups excluding carboxylic acids is 2. The summed E-state index contributed by atoms with van der Waals surface area (Å²) < 4.78 is 0.858. The molecule has 2 amide bonds. The van der Waals surface area contributed by atoms with Gasteiger partial charge in [0.2, 0.25) is 11.8 Å². The zero-order valence-electron chi connectivity index (χ0n) is 13.1. The lowest BCUT2D eigenvalue weighted by Gasteiger charge is -2.16. The van der Waals surface area contributed by atoms with E-state index in [-0.39, 0.29) is 18.5 Å². The van der Waals surface area contributed by atoms with Crippen molar-refractivity contribution in [3.8, 4) is 0 Å². The van der Waals surface area contributed by atoms with Gasteiger partial charge in [-0.1, -0.05) is 40.2 Å². The number of nitrogens with one attached hydrogen (secondary N) is 1. The quantitative estimate of drug-likeness (QED) is 0.541. The summed E-state index contributed by atoms with van der Waals surface area (Å²) in [7, 11) is 0. The summed E-state index contributed by atoms with van der Waals surface area (Å²) in [6.45, 7) is 0. The first-order chi connectivity index (χ1) is 11.8. The molecule has 0 fully saturated rings. The van der Waals surface area contributed by atoms with Crippen molar-refractivity contribution in [2.45, 2.75) is 18.9 Å². The van der Waals surface area contributed by atoms with Gasteiger partial charge in [0.05, 0.1) is 11.3 Å². The van der Waals surface area contributed by atoms with Crippen LogP contribution >= 0.6 is 15.9 Å². The van der Waals surface area contributed by atoms with Crippen LogP contribution < -0.4 is 11.1 Å². The number of nitro benzene ring substituents is 1. The molecular weight excluding hydrogens is 390 g/mol. The van der Waals surface area contributed by atoms with Crippen LogP contribution in [-0.4, -0.2) is 22.8 Å². The Balaban J connectivity index is 2.04. The third-order valence-electron chi connectivity index (χ3n) is 3.49. The molecule has 8 heteroatoms. The molecule has 7 nitrogen and oxygen atoms in total. The van der Waals surface area contributed by atoms with Gasteiger partial charge in [0, 0.05) is 23.0 Å². The van der Waals surface area contributed by atoms with Gasteiger partial charge in [-0.2, -0.15) is 0 Å². The predicted molar refractivity (Wildman–Crippen MR) is 95.8 cm³/mol. The number of hydrogen-bond donors (Lipinski definition) is 2. The van der Waals surface area contributed by atoms with Crippen LogP contribution in [-0.2, 0) is 22.4 Å². The molecule has 0 saturated carbocycles. The van der Waals surface area contributed by atoms with Gasteiger partial charge in [-0.05, 0) is 23.3 Å². The highest BCUT2D eigenvalue weighted by molar-refractivity contribution is 9.10. The van der Waals surface area contributed by atoms with Crippen molar-refractivity contribution in [2.75, 3.05) is 0 Å². The second-order valence-electron chi connectivity index (χ2n) is 5.46. The Kier molecular flexibility index (Phi) is 6.24. The van der Waals surface area contributed by atoms with E-state index in [0.717, 1.165) is 10.0 Å². The molecule has 0 aliphatic heterocycles. The number of non-ortho nitro benzene ring substituents is 1. The number of hydrogen-bond acceptors (Lipinski definition) is 4. The number of amides is 2. The molecule has 2 aromatic carbocycles. The van der Waals surface area contributed by atoms with E-state index in [4.69, 9.17) is 5.73 Å². The van der Waals surface area contributed by atoms with E-state index in [2.05, 4.69) is 21.2 Å². The molecule has 0 unspecified atom stereocenters. The number of carbonyl (C=O) groups is 2.